The van der Waals surface area contributed by atoms with Crippen molar-refractivity contribution in [1.82, 2.24) is 4.98 Å². The average Bonchev–Trinajstić information content (AvgIpc) is 2.57. The molecule has 0 amide bonds. The fraction of sp³-hybridized carbons (Fsp3) is 0.125. The molecule has 0 fully saturated rings. The Morgan fingerprint density at radius 2 is 2.09 bits per heavy atom. The number of azo groups is 1. The predicted molar refractivity (Wildman–Crippen MR) is 80.8 cm³/mol. The maximum Gasteiger partial charge on any atom is 0.388 e. The molecule has 22 heavy (non-hydrogen) atoms. The van der Waals surface area contributed by atoms with Crippen LogP contribution >= 0.6 is 0 Å². The summed E-state index contributed by atoms with van der Waals surface area (Å²) < 4.78 is 1.53. The number of phenols is 1. The molecule has 0 aliphatic rings. The third kappa shape index (κ3) is 2.71. The maximum absolute atomic E-state index is 9.83. The monoisotopic (exact) mass is 295 g/mol. The Kier molecular flexibility index (Phi) is 3.91. The summed E-state index contributed by atoms with van der Waals surface area (Å²) in [4.78, 5) is 9.34. The number of pyridine rings is 2. The van der Waals surface area contributed by atoms with Crippen molar-refractivity contribution in [3.8, 4) is 5.75 Å². The van der Waals surface area contributed by atoms with Crippen LogP contribution in [0.3, 0.4) is 0 Å². The third-order valence-electron chi connectivity index (χ3n) is 3.25. The quantitative estimate of drug-likeness (QED) is 0.594. The van der Waals surface area contributed by atoms with Gasteiger partial charge in [-0.05, 0) is 34.6 Å². The van der Waals surface area contributed by atoms with Crippen LogP contribution in [0.4, 0.5) is 5.82 Å². The fourth-order valence-corrected chi connectivity index (χ4v) is 2.19. The Morgan fingerprint density at radius 3 is 2.95 bits per heavy atom. The first-order valence-electron chi connectivity index (χ1n) is 6.78. The van der Waals surface area contributed by atoms with Gasteiger partial charge in [-0.1, -0.05) is 17.2 Å². The van der Waals surface area contributed by atoms with Gasteiger partial charge < -0.3 is 9.94 Å². The molecule has 0 radical (unpaired) electrons. The molecule has 0 aliphatic heterocycles. The van der Waals surface area contributed by atoms with E-state index < -0.39 is 0 Å². The first kappa shape index (κ1) is 13.9. The molecule has 3 rings (SSSR count). The minimum Gasteiger partial charge on any atom is -0.506 e. The van der Waals surface area contributed by atoms with Crippen molar-refractivity contribution in [2.24, 2.45) is 10.2 Å². The standard InChI is InChI=1S/C16H14N4O2/c1-22-20-10-3-2-6-15(20)19-18-11-12-7-8-14(21)16-13(12)5-4-9-17-16/h2-10H,11H2,1H3/p+1. The highest BCUT2D eigenvalue weighted by Gasteiger charge is 2.09. The van der Waals surface area contributed by atoms with Crippen molar-refractivity contribution in [3.63, 3.8) is 0 Å². The minimum absolute atomic E-state index is 0.163. The lowest BCUT2D eigenvalue weighted by Gasteiger charge is -2.03. The number of fused-ring (bicyclic) bond motifs is 1. The molecule has 0 aliphatic carbocycles. The topological polar surface area (TPSA) is 71.0 Å². The number of phenolic OH excluding ortho intramolecular Hbond substituents is 1. The molecule has 0 spiro atoms. The van der Waals surface area contributed by atoms with Gasteiger partial charge in [0.25, 0.3) is 0 Å². The average molecular weight is 295 g/mol. The lowest BCUT2D eigenvalue weighted by molar-refractivity contribution is -0.875. The molecular weight excluding hydrogens is 280 g/mol. The highest BCUT2D eigenvalue weighted by molar-refractivity contribution is 5.87. The van der Waals surface area contributed by atoms with Crippen LogP contribution in [0, 0.1) is 0 Å². The summed E-state index contributed by atoms with van der Waals surface area (Å²) in [6, 6.07) is 12.7. The number of nitrogens with zero attached hydrogens (tertiary/aromatic N) is 4. The van der Waals surface area contributed by atoms with Crippen LogP contribution in [-0.2, 0) is 6.54 Å². The van der Waals surface area contributed by atoms with E-state index in [9.17, 15) is 5.11 Å². The summed E-state index contributed by atoms with van der Waals surface area (Å²) in [6.45, 7) is 0.390. The molecule has 110 valence electrons. The molecule has 0 atom stereocenters. The smallest absolute Gasteiger partial charge is 0.388 e. The van der Waals surface area contributed by atoms with Crippen molar-refractivity contribution < 1.29 is 14.7 Å². The summed E-state index contributed by atoms with van der Waals surface area (Å²) in [5.41, 5.74) is 1.52. The van der Waals surface area contributed by atoms with Gasteiger partial charge in [0, 0.05) is 17.6 Å². The molecule has 0 saturated heterocycles. The van der Waals surface area contributed by atoms with Crippen molar-refractivity contribution in [2.45, 2.75) is 6.54 Å². The molecule has 2 aromatic heterocycles. The number of aromatic nitrogens is 2. The van der Waals surface area contributed by atoms with Crippen molar-refractivity contribution >= 4 is 16.7 Å². The zero-order chi connectivity index (χ0) is 15.4. The van der Waals surface area contributed by atoms with Gasteiger partial charge >= 0.3 is 5.82 Å². The molecule has 3 aromatic rings. The second-order valence-electron chi connectivity index (χ2n) is 4.61. The summed E-state index contributed by atoms with van der Waals surface area (Å²) in [5.74, 6) is 0.766. The maximum atomic E-state index is 9.83. The lowest BCUT2D eigenvalue weighted by atomic mass is 10.1. The van der Waals surface area contributed by atoms with Crippen LogP contribution in [0.5, 0.6) is 5.75 Å². The molecule has 1 N–H and O–H groups in total. The zero-order valence-corrected chi connectivity index (χ0v) is 12.0. The second-order valence-corrected chi connectivity index (χ2v) is 4.61. The summed E-state index contributed by atoms with van der Waals surface area (Å²) in [7, 11) is 1.57. The molecule has 2 heterocycles. The van der Waals surface area contributed by atoms with Crippen LogP contribution in [-0.4, -0.2) is 17.2 Å². The van der Waals surface area contributed by atoms with Gasteiger partial charge in [0.05, 0.1) is 5.11 Å². The van der Waals surface area contributed by atoms with Crippen LogP contribution in [0.2, 0.25) is 0 Å². The van der Waals surface area contributed by atoms with Gasteiger partial charge in [0.1, 0.15) is 31.1 Å². The molecule has 0 bridgehead atoms. The Morgan fingerprint density at radius 1 is 1.18 bits per heavy atom. The number of hydrogen-bond acceptors (Lipinski definition) is 5. The number of rotatable bonds is 4. The van der Waals surface area contributed by atoms with E-state index in [1.807, 2.05) is 36.4 Å². The lowest BCUT2D eigenvalue weighted by Crippen LogP contribution is -2.39. The van der Waals surface area contributed by atoms with Crippen molar-refractivity contribution in [1.29, 1.82) is 0 Å². The van der Waals surface area contributed by atoms with E-state index in [4.69, 9.17) is 4.84 Å². The molecule has 1 aromatic carbocycles. The minimum atomic E-state index is 0.163. The third-order valence-corrected chi connectivity index (χ3v) is 3.25. The number of benzene rings is 1. The van der Waals surface area contributed by atoms with E-state index in [0.29, 0.717) is 17.9 Å². The Balaban J connectivity index is 1.88. The predicted octanol–water partition coefficient (Wildman–Crippen LogP) is 2.57. The summed E-state index contributed by atoms with van der Waals surface area (Å²) >= 11 is 0. The number of hydrogen-bond donors (Lipinski definition) is 1. The molecule has 0 unspecified atom stereocenters. The van der Waals surface area contributed by atoms with E-state index in [1.54, 1.807) is 25.6 Å². The van der Waals surface area contributed by atoms with E-state index in [1.165, 1.54) is 4.73 Å². The fourth-order valence-electron chi connectivity index (χ4n) is 2.19. The largest absolute Gasteiger partial charge is 0.506 e. The van der Waals surface area contributed by atoms with Crippen LogP contribution < -0.4 is 9.57 Å². The molecular formula is C16H15N4O2+. The molecule has 0 saturated carbocycles. The van der Waals surface area contributed by atoms with Crippen LogP contribution in [0.25, 0.3) is 10.9 Å². The van der Waals surface area contributed by atoms with E-state index in [0.717, 1.165) is 10.9 Å². The number of aromatic hydroxyl groups is 1. The summed E-state index contributed by atoms with van der Waals surface area (Å²) in [6.07, 6.45) is 3.41. The van der Waals surface area contributed by atoms with E-state index >= 15 is 0 Å². The normalized spacial score (nSPS) is 11.1. The van der Waals surface area contributed by atoms with Gasteiger partial charge in [-0.3, -0.25) is 4.98 Å². The Hall–Kier alpha value is -3.02. The highest BCUT2D eigenvalue weighted by Crippen LogP contribution is 2.26. The molecule has 6 heteroatoms. The molecule has 6 nitrogen and oxygen atoms in total. The first-order chi connectivity index (χ1) is 10.8. The van der Waals surface area contributed by atoms with E-state index in [-0.39, 0.29) is 5.75 Å². The van der Waals surface area contributed by atoms with Crippen LogP contribution in [0.1, 0.15) is 5.56 Å². The Bertz CT molecular complexity index is 833. The zero-order valence-electron chi connectivity index (χ0n) is 12.0. The SMILES string of the molecule is CO[n+]1ccccc1N=NCc1ccc(O)c2ncccc12. The Labute approximate surface area is 127 Å². The first-order valence-corrected chi connectivity index (χ1v) is 6.78. The van der Waals surface area contributed by atoms with Crippen LogP contribution in [0.15, 0.2) is 65.1 Å². The van der Waals surface area contributed by atoms with Crippen molar-refractivity contribution in [2.75, 3.05) is 7.11 Å². The van der Waals surface area contributed by atoms with Crippen molar-refractivity contribution in [3.05, 3.63) is 60.4 Å². The van der Waals surface area contributed by atoms with Gasteiger partial charge in [0.15, 0.2) is 0 Å². The van der Waals surface area contributed by atoms with Gasteiger partial charge in [-0.15, -0.1) is 0 Å². The van der Waals surface area contributed by atoms with Gasteiger partial charge in [-0.25, -0.2) is 0 Å². The highest BCUT2D eigenvalue weighted by atomic mass is 16.6. The van der Waals surface area contributed by atoms with Gasteiger partial charge in [0.2, 0.25) is 0 Å². The van der Waals surface area contributed by atoms with Gasteiger partial charge in [-0.2, -0.15) is 0 Å². The summed E-state index contributed by atoms with van der Waals surface area (Å²) in [5, 5.41) is 19.1. The second kappa shape index (κ2) is 6.17. The van der Waals surface area contributed by atoms with E-state index in [2.05, 4.69) is 15.2 Å².